The first-order valence-electron chi connectivity index (χ1n) is 4.99. The molecule has 2 radical (unpaired) electrons. The molecule has 1 heterocycles. The first-order valence-corrected chi connectivity index (χ1v) is 4.99. The molecule has 0 amide bonds. The zero-order valence-electron chi connectivity index (χ0n) is 9.21. The molecule has 76 valence electrons. The summed E-state index contributed by atoms with van der Waals surface area (Å²) in [6.07, 6.45) is 0. The number of hydrogen-bond donors (Lipinski definition) is 0. The third kappa shape index (κ3) is 2.55. The van der Waals surface area contributed by atoms with Crippen LogP contribution in [0, 0.1) is 12.7 Å². The van der Waals surface area contributed by atoms with Gasteiger partial charge in [-0.2, -0.15) is 0 Å². The van der Waals surface area contributed by atoms with Crippen molar-refractivity contribution in [2.24, 2.45) is 0 Å². The van der Waals surface area contributed by atoms with E-state index >= 15 is 0 Å². The van der Waals surface area contributed by atoms with E-state index in [1.54, 1.807) is 6.07 Å². The summed E-state index contributed by atoms with van der Waals surface area (Å²) >= 11 is 0. The molecule has 0 aliphatic heterocycles. The Balaban J connectivity index is 0.000000531. The lowest BCUT2D eigenvalue weighted by atomic mass is 9.94. The van der Waals surface area contributed by atoms with Crippen molar-refractivity contribution in [3.8, 4) is 0 Å². The number of pyridine rings is 1. The van der Waals surface area contributed by atoms with Crippen LogP contribution in [0.5, 0.6) is 0 Å². The highest BCUT2D eigenvalue weighted by Crippen LogP contribution is 2.11. The Labute approximate surface area is 90.8 Å². The largest absolute Gasteiger partial charge is 0.253 e. The first-order chi connectivity index (χ1) is 7.16. The summed E-state index contributed by atoms with van der Waals surface area (Å²) in [4.78, 5) is 4.18. The van der Waals surface area contributed by atoms with Gasteiger partial charge in [-0.05, 0) is 24.4 Å². The SMILES string of the molecule is CC.[B]c1cc2ccc(C)nc2cc1F. The van der Waals surface area contributed by atoms with Gasteiger partial charge in [-0.3, -0.25) is 4.98 Å². The Bertz CT molecular complexity index is 468. The fraction of sp³-hybridized carbons (Fsp3) is 0.250. The van der Waals surface area contributed by atoms with Gasteiger partial charge in [0, 0.05) is 5.69 Å². The maximum Gasteiger partial charge on any atom is 0.118 e. The van der Waals surface area contributed by atoms with Crippen LogP contribution in [0.25, 0.3) is 10.9 Å². The number of aromatic nitrogens is 1. The number of fused-ring (bicyclic) bond motifs is 1. The number of benzene rings is 1. The lowest BCUT2D eigenvalue weighted by molar-refractivity contribution is 0.637. The second-order valence-electron chi connectivity index (χ2n) is 3.02. The predicted molar refractivity (Wildman–Crippen MR) is 63.2 cm³/mol. The molecule has 2 rings (SSSR count). The number of hydrogen-bond acceptors (Lipinski definition) is 1. The molecule has 0 bridgehead atoms. The number of halogens is 1. The smallest absolute Gasteiger partial charge is 0.118 e. The van der Waals surface area contributed by atoms with Gasteiger partial charge < -0.3 is 0 Å². The average Bonchev–Trinajstić information content (AvgIpc) is 2.23. The van der Waals surface area contributed by atoms with E-state index in [0.717, 1.165) is 11.1 Å². The summed E-state index contributed by atoms with van der Waals surface area (Å²) in [6.45, 7) is 5.87. The van der Waals surface area contributed by atoms with Gasteiger partial charge in [0.05, 0.1) is 5.52 Å². The van der Waals surface area contributed by atoms with Gasteiger partial charge in [0.15, 0.2) is 0 Å². The highest BCUT2D eigenvalue weighted by atomic mass is 19.1. The normalized spacial score (nSPS) is 9.60. The van der Waals surface area contributed by atoms with Crippen LogP contribution in [0.4, 0.5) is 4.39 Å². The van der Waals surface area contributed by atoms with E-state index < -0.39 is 5.82 Å². The van der Waals surface area contributed by atoms with Crippen molar-refractivity contribution in [2.45, 2.75) is 20.8 Å². The van der Waals surface area contributed by atoms with E-state index in [1.165, 1.54) is 6.07 Å². The fourth-order valence-electron chi connectivity index (χ4n) is 1.27. The molecule has 15 heavy (non-hydrogen) atoms. The number of rotatable bonds is 0. The number of nitrogens with zero attached hydrogens (tertiary/aromatic N) is 1. The molecule has 0 fully saturated rings. The maximum atomic E-state index is 13.0. The molecular weight excluding hydrogens is 188 g/mol. The lowest BCUT2D eigenvalue weighted by Crippen LogP contribution is -2.07. The van der Waals surface area contributed by atoms with Crippen LogP contribution in [0.1, 0.15) is 19.5 Å². The summed E-state index contributed by atoms with van der Waals surface area (Å²) in [5.74, 6) is -0.411. The minimum absolute atomic E-state index is 0.165. The van der Waals surface area contributed by atoms with Crippen LogP contribution in [0.15, 0.2) is 24.3 Å². The van der Waals surface area contributed by atoms with Gasteiger partial charge in [-0.15, -0.1) is 0 Å². The molecule has 0 aliphatic rings. The Morgan fingerprint density at radius 1 is 1.20 bits per heavy atom. The van der Waals surface area contributed by atoms with Crippen LogP contribution in [0.3, 0.4) is 0 Å². The molecule has 1 aromatic heterocycles. The molecule has 0 unspecified atom stereocenters. The van der Waals surface area contributed by atoms with Crippen LogP contribution < -0.4 is 5.46 Å². The van der Waals surface area contributed by atoms with Gasteiger partial charge in [0.1, 0.15) is 13.7 Å². The van der Waals surface area contributed by atoms with Crippen LogP contribution in [-0.4, -0.2) is 12.8 Å². The molecule has 0 saturated heterocycles. The van der Waals surface area contributed by atoms with E-state index in [2.05, 4.69) is 4.98 Å². The summed E-state index contributed by atoms with van der Waals surface area (Å²) in [5.41, 5.74) is 1.68. The third-order valence-electron chi connectivity index (χ3n) is 1.95. The topological polar surface area (TPSA) is 12.9 Å². The van der Waals surface area contributed by atoms with Crippen molar-refractivity contribution in [1.29, 1.82) is 0 Å². The van der Waals surface area contributed by atoms with E-state index in [0.29, 0.717) is 5.52 Å². The highest BCUT2D eigenvalue weighted by Gasteiger charge is 2.00. The Hall–Kier alpha value is -1.38. The van der Waals surface area contributed by atoms with Crippen molar-refractivity contribution >= 4 is 24.2 Å². The van der Waals surface area contributed by atoms with E-state index in [9.17, 15) is 4.39 Å². The summed E-state index contributed by atoms with van der Waals surface area (Å²) < 4.78 is 13.0. The Morgan fingerprint density at radius 2 is 1.87 bits per heavy atom. The van der Waals surface area contributed by atoms with Crippen molar-refractivity contribution in [3.05, 3.63) is 35.8 Å². The standard InChI is InChI=1S/C10H7BFN.C2H6/c1-6-2-3-7-4-8(11)9(12)5-10(7)13-6;1-2/h2-5H,1H3;1-2H3. The minimum Gasteiger partial charge on any atom is -0.253 e. The number of aryl methyl sites for hydroxylation is 1. The van der Waals surface area contributed by atoms with Gasteiger partial charge in [-0.25, -0.2) is 4.39 Å². The van der Waals surface area contributed by atoms with Gasteiger partial charge in [0.25, 0.3) is 0 Å². The molecule has 0 N–H and O–H groups in total. The molecule has 1 aromatic carbocycles. The molecule has 0 atom stereocenters. The zero-order chi connectivity index (χ0) is 11.4. The maximum absolute atomic E-state index is 13.0. The van der Waals surface area contributed by atoms with Crippen molar-refractivity contribution in [1.82, 2.24) is 4.98 Å². The van der Waals surface area contributed by atoms with E-state index in [1.807, 2.05) is 32.9 Å². The first kappa shape index (κ1) is 11.7. The second kappa shape index (κ2) is 4.92. The zero-order valence-corrected chi connectivity index (χ0v) is 9.21. The summed E-state index contributed by atoms with van der Waals surface area (Å²) in [6, 6.07) is 6.71. The van der Waals surface area contributed by atoms with Crippen molar-refractivity contribution in [3.63, 3.8) is 0 Å². The van der Waals surface area contributed by atoms with Crippen molar-refractivity contribution in [2.75, 3.05) is 0 Å². The molecule has 3 heteroatoms. The molecule has 0 saturated carbocycles. The second-order valence-corrected chi connectivity index (χ2v) is 3.02. The van der Waals surface area contributed by atoms with Crippen LogP contribution in [-0.2, 0) is 0 Å². The molecule has 1 nitrogen and oxygen atoms in total. The van der Waals surface area contributed by atoms with E-state index in [4.69, 9.17) is 7.85 Å². The monoisotopic (exact) mass is 201 g/mol. The minimum atomic E-state index is -0.411. The highest BCUT2D eigenvalue weighted by molar-refractivity contribution is 6.33. The molecular formula is C12H13BFN. The van der Waals surface area contributed by atoms with Crippen LogP contribution in [0.2, 0.25) is 0 Å². The Kier molecular flexibility index (Phi) is 3.84. The van der Waals surface area contributed by atoms with Gasteiger partial charge in [-0.1, -0.05) is 31.4 Å². The third-order valence-corrected chi connectivity index (χ3v) is 1.95. The summed E-state index contributed by atoms with van der Waals surface area (Å²) in [5, 5.41) is 0.865. The quantitative estimate of drug-likeness (QED) is 0.596. The molecule has 0 aliphatic carbocycles. The van der Waals surface area contributed by atoms with Crippen molar-refractivity contribution < 1.29 is 4.39 Å². The van der Waals surface area contributed by atoms with Gasteiger partial charge >= 0.3 is 0 Å². The summed E-state index contributed by atoms with van der Waals surface area (Å²) in [7, 11) is 5.42. The molecule has 0 spiro atoms. The van der Waals surface area contributed by atoms with E-state index in [-0.39, 0.29) is 5.46 Å². The van der Waals surface area contributed by atoms with Crippen LogP contribution >= 0.6 is 0 Å². The van der Waals surface area contributed by atoms with Gasteiger partial charge in [0.2, 0.25) is 0 Å². The predicted octanol–water partition coefficient (Wildman–Crippen LogP) is 2.50. The average molecular weight is 201 g/mol. The fourth-order valence-corrected chi connectivity index (χ4v) is 1.27. The molecule has 2 aromatic rings. The Morgan fingerprint density at radius 3 is 2.53 bits per heavy atom. The lowest BCUT2D eigenvalue weighted by Gasteiger charge is -2.01.